The minimum Gasteiger partial charge on any atom is -0.397 e. The van der Waals surface area contributed by atoms with Crippen molar-refractivity contribution in [2.45, 2.75) is 13.0 Å². The van der Waals surface area contributed by atoms with Gasteiger partial charge in [0.2, 0.25) is 0 Å². The molecule has 1 atom stereocenters. The van der Waals surface area contributed by atoms with E-state index in [0.717, 1.165) is 5.69 Å². The standard InChI is InChI=1S/C10H15FN2O/c1-7(6-14)13(2)10-4-3-8(11)5-9(10)12/h3-5,7,14H,6,12H2,1-2H3. The highest BCUT2D eigenvalue weighted by atomic mass is 19.1. The molecule has 0 spiro atoms. The Balaban J connectivity index is 2.95. The lowest BCUT2D eigenvalue weighted by atomic mass is 10.2. The molecule has 0 saturated heterocycles. The summed E-state index contributed by atoms with van der Waals surface area (Å²) in [6.45, 7) is 1.90. The number of nitrogens with two attached hydrogens (primary N) is 1. The molecule has 0 aliphatic carbocycles. The Morgan fingerprint density at radius 2 is 2.21 bits per heavy atom. The van der Waals surface area contributed by atoms with Gasteiger partial charge < -0.3 is 15.7 Å². The molecule has 3 nitrogen and oxygen atoms in total. The van der Waals surface area contributed by atoms with Crippen molar-refractivity contribution in [3.8, 4) is 0 Å². The largest absolute Gasteiger partial charge is 0.397 e. The second kappa shape index (κ2) is 4.28. The van der Waals surface area contributed by atoms with Gasteiger partial charge in [-0.05, 0) is 25.1 Å². The van der Waals surface area contributed by atoms with Crippen molar-refractivity contribution in [3.05, 3.63) is 24.0 Å². The number of nitrogen functional groups attached to an aromatic ring is 1. The van der Waals surface area contributed by atoms with Gasteiger partial charge in [0.15, 0.2) is 0 Å². The summed E-state index contributed by atoms with van der Waals surface area (Å²) in [6, 6.07) is 4.20. The number of aliphatic hydroxyl groups excluding tert-OH is 1. The Labute approximate surface area is 83.0 Å². The Bertz CT molecular complexity index is 317. The normalized spacial score (nSPS) is 12.6. The summed E-state index contributed by atoms with van der Waals surface area (Å²) >= 11 is 0. The van der Waals surface area contributed by atoms with Crippen molar-refractivity contribution < 1.29 is 9.50 Å². The minimum absolute atomic E-state index is 0.0350. The number of likely N-dealkylation sites (N-methyl/N-ethyl adjacent to an activating group) is 1. The van der Waals surface area contributed by atoms with Crippen LogP contribution in [0.3, 0.4) is 0 Å². The maximum atomic E-state index is 12.7. The molecule has 1 rings (SSSR count). The summed E-state index contributed by atoms with van der Waals surface area (Å²) in [5.41, 5.74) is 6.76. The summed E-state index contributed by atoms with van der Waals surface area (Å²) in [5.74, 6) is -0.351. The Morgan fingerprint density at radius 1 is 1.57 bits per heavy atom. The van der Waals surface area contributed by atoms with Crippen LogP contribution in [0.25, 0.3) is 0 Å². The molecule has 0 aromatic heterocycles. The quantitative estimate of drug-likeness (QED) is 0.718. The van der Waals surface area contributed by atoms with E-state index < -0.39 is 0 Å². The molecule has 4 heteroatoms. The van der Waals surface area contributed by atoms with E-state index in [1.54, 1.807) is 6.07 Å². The van der Waals surface area contributed by atoms with Gasteiger partial charge in [-0.15, -0.1) is 0 Å². The topological polar surface area (TPSA) is 49.5 Å². The average molecular weight is 198 g/mol. The number of hydrogen-bond donors (Lipinski definition) is 2. The zero-order chi connectivity index (χ0) is 10.7. The van der Waals surface area contributed by atoms with Gasteiger partial charge in [-0.2, -0.15) is 0 Å². The van der Waals surface area contributed by atoms with Gasteiger partial charge >= 0.3 is 0 Å². The van der Waals surface area contributed by atoms with Crippen LogP contribution in [-0.2, 0) is 0 Å². The third-order valence-electron chi connectivity index (χ3n) is 2.29. The highest BCUT2D eigenvalue weighted by Crippen LogP contribution is 2.24. The van der Waals surface area contributed by atoms with E-state index in [-0.39, 0.29) is 18.5 Å². The average Bonchev–Trinajstić information content (AvgIpc) is 2.15. The van der Waals surface area contributed by atoms with Crippen LogP contribution < -0.4 is 10.6 Å². The van der Waals surface area contributed by atoms with Gasteiger partial charge in [-0.25, -0.2) is 4.39 Å². The molecular weight excluding hydrogens is 183 g/mol. The van der Waals surface area contributed by atoms with Gasteiger partial charge in [-0.1, -0.05) is 0 Å². The Hall–Kier alpha value is -1.29. The summed E-state index contributed by atoms with van der Waals surface area (Å²) in [4.78, 5) is 1.81. The first-order valence-corrected chi connectivity index (χ1v) is 4.45. The fourth-order valence-corrected chi connectivity index (χ4v) is 1.21. The van der Waals surface area contributed by atoms with Gasteiger partial charge in [0.1, 0.15) is 5.82 Å². The lowest BCUT2D eigenvalue weighted by molar-refractivity contribution is 0.270. The molecule has 1 unspecified atom stereocenters. The van der Waals surface area contributed by atoms with Crippen molar-refractivity contribution >= 4 is 11.4 Å². The van der Waals surface area contributed by atoms with E-state index in [2.05, 4.69) is 0 Å². The molecule has 14 heavy (non-hydrogen) atoms. The van der Waals surface area contributed by atoms with Crippen LogP contribution in [0.1, 0.15) is 6.92 Å². The van der Waals surface area contributed by atoms with Crippen LogP contribution in [0.15, 0.2) is 18.2 Å². The van der Waals surface area contributed by atoms with Gasteiger partial charge in [-0.3, -0.25) is 0 Å². The second-order valence-electron chi connectivity index (χ2n) is 3.35. The fraction of sp³-hybridized carbons (Fsp3) is 0.400. The van der Waals surface area contributed by atoms with Crippen molar-refractivity contribution in [1.29, 1.82) is 0 Å². The molecular formula is C10H15FN2O. The molecule has 0 amide bonds. The number of hydrogen-bond acceptors (Lipinski definition) is 3. The van der Waals surface area contributed by atoms with Gasteiger partial charge in [0.05, 0.1) is 18.0 Å². The van der Waals surface area contributed by atoms with Crippen molar-refractivity contribution in [3.63, 3.8) is 0 Å². The molecule has 0 radical (unpaired) electrons. The highest BCUT2D eigenvalue weighted by molar-refractivity contribution is 5.67. The first-order chi connectivity index (χ1) is 6.56. The molecule has 1 aromatic rings. The Morgan fingerprint density at radius 3 is 2.71 bits per heavy atom. The van der Waals surface area contributed by atoms with Crippen molar-refractivity contribution in [1.82, 2.24) is 0 Å². The minimum atomic E-state index is -0.351. The summed E-state index contributed by atoms with van der Waals surface area (Å²) in [6.07, 6.45) is 0. The Kier molecular flexibility index (Phi) is 3.30. The SMILES string of the molecule is CC(CO)N(C)c1ccc(F)cc1N. The third-order valence-corrected chi connectivity index (χ3v) is 2.29. The fourth-order valence-electron chi connectivity index (χ4n) is 1.21. The number of nitrogens with zero attached hydrogens (tertiary/aromatic N) is 1. The maximum Gasteiger partial charge on any atom is 0.125 e. The second-order valence-corrected chi connectivity index (χ2v) is 3.35. The first kappa shape index (κ1) is 10.8. The first-order valence-electron chi connectivity index (χ1n) is 4.45. The molecule has 0 saturated carbocycles. The van der Waals surface area contributed by atoms with Gasteiger partial charge in [0, 0.05) is 13.1 Å². The van der Waals surface area contributed by atoms with Gasteiger partial charge in [0.25, 0.3) is 0 Å². The molecule has 0 fully saturated rings. The van der Waals surface area contributed by atoms with E-state index in [1.807, 2.05) is 18.9 Å². The zero-order valence-corrected chi connectivity index (χ0v) is 8.37. The lowest BCUT2D eigenvalue weighted by Gasteiger charge is -2.26. The lowest BCUT2D eigenvalue weighted by Crippen LogP contribution is -2.32. The summed E-state index contributed by atoms with van der Waals surface area (Å²) in [7, 11) is 1.81. The number of benzene rings is 1. The van der Waals surface area contributed by atoms with Crippen LogP contribution in [0, 0.1) is 5.82 Å². The van der Waals surface area contributed by atoms with Crippen LogP contribution >= 0.6 is 0 Å². The number of rotatable bonds is 3. The predicted octanol–water partition coefficient (Wildman–Crippen LogP) is 1.22. The molecule has 0 heterocycles. The molecule has 0 bridgehead atoms. The van der Waals surface area contributed by atoms with E-state index in [9.17, 15) is 4.39 Å². The van der Waals surface area contributed by atoms with Crippen LogP contribution in [0.5, 0.6) is 0 Å². The smallest absolute Gasteiger partial charge is 0.125 e. The van der Waals surface area contributed by atoms with E-state index >= 15 is 0 Å². The molecule has 0 aliphatic heterocycles. The van der Waals surface area contributed by atoms with E-state index in [4.69, 9.17) is 10.8 Å². The predicted molar refractivity (Wildman–Crippen MR) is 55.8 cm³/mol. The molecule has 1 aromatic carbocycles. The van der Waals surface area contributed by atoms with Crippen LogP contribution in [-0.4, -0.2) is 24.8 Å². The summed E-state index contributed by atoms with van der Waals surface area (Å²) < 4.78 is 12.7. The van der Waals surface area contributed by atoms with E-state index in [0.29, 0.717) is 5.69 Å². The van der Waals surface area contributed by atoms with Crippen molar-refractivity contribution in [2.24, 2.45) is 0 Å². The van der Waals surface area contributed by atoms with Crippen molar-refractivity contribution in [2.75, 3.05) is 24.3 Å². The summed E-state index contributed by atoms with van der Waals surface area (Å²) in [5, 5.41) is 8.96. The highest BCUT2D eigenvalue weighted by Gasteiger charge is 2.11. The van der Waals surface area contributed by atoms with Crippen LogP contribution in [0.4, 0.5) is 15.8 Å². The zero-order valence-electron chi connectivity index (χ0n) is 8.37. The third kappa shape index (κ3) is 2.14. The molecule has 0 aliphatic rings. The number of anilines is 2. The number of aliphatic hydroxyl groups is 1. The maximum absolute atomic E-state index is 12.7. The van der Waals surface area contributed by atoms with E-state index in [1.165, 1.54) is 12.1 Å². The monoisotopic (exact) mass is 198 g/mol. The van der Waals surface area contributed by atoms with Crippen LogP contribution in [0.2, 0.25) is 0 Å². The number of halogens is 1. The molecule has 3 N–H and O–H groups in total. The molecule has 78 valence electrons.